The van der Waals surface area contributed by atoms with Crippen LogP contribution in [-0.2, 0) is 9.84 Å². The van der Waals surface area contributed by atoms with Crippen LogP contribution in [-0.4, -0.2) is 19.7 Å². The highest BCUT2D eigenvalue weighted by atomic mass is 32.2. The van der Waals surface area contributed by atoms with Crippen molar-refractivity contribution in [3.8, 4) is 0 Å². The Morgan fingerprint density at radius 3 is 2.80 bits per heavy atom. The summed E-state index contributed by atoms with van der Waals surface area (Å²) in [5.74, 6) is 0. The lowest BCUT2D eigenvalue weighted by Crippen LogP contribution is -1.95. The molecule has 0 bridgehead atoms. The number of benzene rings is 1. The molecule has 2 aromatic rings. The summed E-state index contributed by atoms with van der Waals surface area (Å²) in [7, 11) is -3.21. The minimum atomic E-state index is -3.21. The molecule has 0 unspecified atom stereocenters. The molecule has 7 heteroatoms. The number of hydrogen-bond donors (Lipinski definition) is 0. The number of diazo groups is 1. The molecule has 0 saturated carbocycles. The van der Waals surface area contributed by atoms with Gasteiger partial charge in [0.2, 0.25) is 0 Å². The molecule has 0 radical (unpaired) electrons. The molecule has 0 aliphatic carbocycles. The van der Waals surface area contributed by atoms with Crippen molar-refractivity contribution in [1.82, 2.24) is 4.98 Å². The van der Waals surface area contributed by atoms with Crippen molar-refractivity contribution in [1.29, 1.82) is 5.39 Å². The second-order valence-electron chi connectivity index (χ2n) is 3.00. The van der Waals surface area contributed by atoms with Crippen molar-refractivity contribution >= 4 is 36.5 Å². The van der Waals surface area contributed by atoms with E-state index in [1.54, 1.807) is 6.07 Å². The summed E-state index contributed by atoms with van der Waals surface area (Å²) < 4.78 is 23.2. The van der Waals surface area contributed by atoms with Gasteiger partial charge in [-0.2, -0.15) is 0 Å². The SMILES string of the molecule is CS(=O)(=O)c1ccc2nc([N+]#N)sc2c1. The Kier molecular flexibility index (Phi) is 2.17. The predicted octanol–water partition coefficient (Wildman–Crippen LogP) is 2.18. The summed E-state index contributed by atoms with van der Waals surface area (Å²) in [6.45, 7) is 0. The van der Waals surface area contributed by atoms with E-state index in [1.165, 1.54) is 12.1 Å². The number of sulfone groups is 1. The normalized spacial score (nSPS) is 11.5. The average molecular weight is 240 g/mol. The fourth-order valence-corrected chi connectivity index (χ4v) is 2.67. The van der Waals surface area contributed by atoms with Crippen LogP contribution in [0.2, 0.25) is 0 Å². The Hall–Kier alpha value is -1.52. The second-order valence-corrected chi connectivity index (χ2v) is 6.02. The molecule has 0 fully saturated rings. The Balaban J connectivity index is 2.72. The highest BCUT2D eigenvalue weighted by Gasteiger charge is 2.17. The van der Waals surface area contributed by atoms with Crippen molar-refractivity contribution in [2.75, 3.05) is 6.26 Å². The quantitative estimate of drug-likeness (QED) is 0.716. The zero-order chi connectivity index (χ0) is 11.1. The first-order chi connectivity index (χ1) is 7.00. The van der Waals surface area contributed by atoms with Gasteiger partial charge in [0.05, 0.1) is 15.0 Å². The van der Waals surface area contributed by atoms with E-state index < -0.39 is 9.84 Å². The maximum atomic E-state index is 11.3. The molecule has 15 heavy (non-hydrogen) atoms. The van der Waals surface area contributed by atoms with Crippen molar-refractivity contribution in [2.45, 2.75) is 4.90 Å². The van der Waals surface area contributed by atoms with E-state index in [0.717, 1.165) is 17.6 Å². The first kappa shape index (κ1) is 10.0. The van der Waals surface area contributed by atoms with Gasteiger partial charge in [0.25, 0.3) is 0 Å². The van der Waals surface area contributed by atoms with Crippen LogP contribution in [0.4, 0.5) is 5.13 Å². The van der Waals surface area contributed by atoms with Gasteiger partial charge in [-0.25, -0.2) is 8.42 Å². The monoisotopic (exact) mass is 240 g/mol. The topological polar surface area (TPSA) is 75.2 Å². The largest absolute Gasteiger partial charge is 0.524 e. The van der Waals surface area contributed by atoms with Crippen LogP contribution in [0.3, 0.4) is 0 Å². The molecule has 0 N–H and O–H groups in total. The molecular formula is C8H6N3O2S2+. The summed E-state index contributed by atoms with van der Waals surface area (Å²) in [5, 5.41) is 8.74. The van der Waals surface area contributed by atoms with Gasteiger partial charge in [-0.3, -0.25) is 0 Å². The third-order valence-corrected chi connectivity index (χ3v) is 3.87. The molecule has 5 nitrogen and oxygen atoms in total. The van der Waals surface area contributed by atoms with Crippen LogP contribution in [0.25, 0.3) is 15.2 Å². The number of rotatable bonds is 1. The first-order valence-electron chi connectivity index (χ1n) is 3.96. The number of hydrogen-bond acceptors (Lipinski definition) is 5. The van der Waals surface area contributed by atoms with E-state index in [1.807, 2.05) is 0 Å². The fraction of sp³-hybridized carbons (Fsp3) is 0.125. The van der Waals surface area contributed by atoms with Gasteiger partial charge in [-0.15, -0.1) is 0 Å². The van der Waals surface area contributed by atoms with E-state index in [9.17, 15) is 8.42 Å². The third kappa shape index (κ3) is 1.82. The van der Waals surface area contributed by atoms with Gasteiger partial charge in [0.15, 0.2) is 15.4 Å². The molecule has 1 heterocycles. The number of thiazole rings is 1. The van der Waals surface area contributed by atoms with E-state index in [2.05, 4.69) is 9.96 Å². The molecule has 0 aliphatic heterocycles. The number of aromatic nitrogens is 1. The second kappa shape index (κ2) is 3.25. The van der Waals surface area contributed by atoms with Crippen LogP contribution in [0.15, 0.2) is 23.1 Å². The Morgan fingerprint density at radius 2 is 2.20 bits per heavy atom. The van der Waals surface area contributed by atoms with E-state index >= 15 is 0 Å². The first-order valence-corrected chi connectivity index (χ1v) is 6.67. The standard InChI is InChI=1S/C8H6N3O2S2/c1-15(12,13)5-2-3-6-7(4-5)14-8(10-6)11-9/h2-4H,1H3/q+1. The molecule has 2 rings (SSSR count). The van der Waals surface area contributed by atoms with E-state index in [0.29, 0.717) is 10.2 Å². The van der Waals surface area contributed by atoms with Crippen LogP contribution >= 0.6 is 11.3 Å². The molecular weight excluding hydrogens is 234 g/mol. The van der Waals surface area contributed by atoms with Gasteiger partial charge in [0.1, 0.15) is 0 Å². The van der Waals surface area contributed by atoms with E-state index in [4.69, 9.17) is 5.39 Å². The van der Waals surface area contributed by atoms with Crippen LogP contribution in [0.5, 0.6) is 0 Å². The van der Waals surface area contributed by atoms with Gasteiger partial charge < -0.3 is 0 Å². The fourth-order valence-electron chi connectivity index (χ4n) is 1.17. The Labute approximate surface area is 89.9 Å². The minimum absolute atomic E-state index is 0.218. The smallest absolute Gasteiger partial charge is 0.224 e. The summed E-state index contributed by atoms with van der Waals surface area (Å²) >= 11 is 1.14. The number of nitrogens with zero attached hydrogens (tertiary/aromatic N) is 3. The summed E-state index contributed by atoms with van der Waals surface area (Å²) in [5.41, 5.74) is 0.625. The zero-order valence-electron chi connectivity index (χ0n) is 7.71. The minimum Gasteiger partial charge on any atom is -0.224 e. The van der Waals surface area contributed by atoms with Gasteiger partial charge in [-0.1, -0.05) is 0 Å². The maximum Gasteiger partial charge on any atom is 0.524 e. The number of fused-ring (bicyclic) bond motifs is 1. The summed E-state index contributed by atoms with van der Waals surface area (Å²) in [6, 6.07) is 4.60. The molecule has 76 valence electrons. The molecule has 0 amide bonds. The molecule has 0 spiro atoms. The Bertz CT molecular complexity index is 667. The average Bonchev–Trinajstić information content (AvgIpc) is 2.57. The molecule has 1 aromatic carbocycles. The summed E-state index contributed by atoms with van der Waals surface area (Å²) in [4.78, 5) is 7.16. The van der Waals surface area contributed by atoms with Crippen LogP contribution in [0, 0.1) is 5.39 Å². The van der Waals surface area contributed by atoms with Crippen molar-refractivity contribution in [3.63, 3.8) is 0 Å². The molecule has 0 saturated heterocycles. The molecule has 0 atom stereocenters. The van der Waals surface area contributed by atoms with Gasteiger partial charge in [0, 0.05) is 11.2 Å². The van der Waals surface area contributed by atoms with E-state index in [-0.39, 0.29) is 10.0 Å². The third-order valence-electron chi connectivity index (χ3n) is 1.86. The highest BCUT2D eigenvalue weighted by Crippen LogP contribution is 2.29. The molecule has 0 aliphatic rings. The predicted molar refractivity (Wildman–Crippen MR) is 57.5 cm³/mol. The Morgan fingerprint density at radius 1 is 1.47 bits per heavy atom. The van der Waals surface area contributed by atoms with Gasteiger partial charge in [-0.05, 0) is 34.5 Å². The lowest BCUT2D eigenvalue weighted by molar-refractivity contribution is 0.602. The van der Waals surface area contributed by atoms with Crippen molar-refractivity contribution < 1.29 is 8.42 Å². The van der Waals surface area contributed by atoms with Crippen LogP contribution < -0.4 is 0 Å². The molecule has 1 aromatic heterocycles. The summed E-state index contributed by atoms with van der Waals surface area (Å²) in [6.07, 6.45) is 1.15. The lowest BCUT2D eigenvalue weighted by atomic mass is 10.3. The zero-order valence-corrected chi connectivity index (χ0v) is 9.34. The lowest BCUT2D eigenvalue weighted by Gasteiger charge is -1.94. The van der Waals surface area contributed by atoms with Gasteiger partial charge >= 0.3 is 5.13 Å². The highest BCUT2D eigenvalue weighted by molar-refractivity contribution is 7.90. The van der Waals surface area contributed by atoms with Crippen LogP contribution in [0.1, 0.15) is 0 Å². The maximum absolute atomic E-state index is 11.3. The van der Waals surface area contributed by atoms with Crippen molar-refractivity contribution in [3.05, 3.63) is 23.2 Å². The van der Waals surface area contributed by atoms with Crippen molar-refractivity contribution in [2.24, 2.45) is 0 Å².